The molecule has 1 aromatic carbocycles. The van der Waals surface area contributed by atoms with E-state index in [9.17, 15) is 8.78 Å². The Hall–Kier alpha value is -1.64. The van der Waals surface area contributed by atoms with Crippen LogP contribution in [0.3, 0.4) is 0 Å². The summed E-state index contributed by atoms with van der Waals surface area (Å²) in [5, 5.41) is 0. The summed E-state index contributed by atoms with van der Waals surface area (Å²) >= 11 is 0. The summed E-state index contributed by atoms with van der Waals surface area (Å²) < 4.78 is 34.3. The lowest BCUT2D eigenvalue weighted by atomic mass is 9.61. The average Bonchev–Trinajstić information content (AvgIpc) is 2.79. The van der Waals surface area contributed by atoms with Crippen LogP contribution in [0, 0.1) is 41.2 Å². The lowest BCUT2D eigenvalue weighted by Crippen LogP contribution is -2.34. The van der Waals surface area contributed by atoms with E-state index in [0.29, 0.717) is 5.56 Å². The Kier molecular flexibility index (Phi) is 6.95. The van der Waals surface area contributed by atoms with E-state index in [1.807, 2.05) is 0 Å². The molecule has 164 valence electrons. The lowest BCUT2D eigenvalue weighted by Gasteiger charge is -2.45. The topological polar surface area (TPSA) is 9.23 Å². The van der Waals surface area contributed by atoms with Crippen molar-refractivity contribution in [3.63, 3.8) is 0 Å². The molecule has 0 spiro atoms. The van der Waals surface area contributed by atoms with E-state index in [1.165, 1.54) is 44.6 Å². The molecule has 0 saturated heterocycles. The number of ether oxygens (including phenoxy) is 1. The van der Waals surface area contributed by atoms with Crippen LogP contribution in [0.15, 0.2) is 37.4 Å². The van der Waals surface area contributed by atoms with E-state index in [4.69, 9.17) is 4.74 Å². The summed E-state index contributed by atoms with van der Waals surface area (Å²) in [6.45, 7) is 7.74. The third-order valence-corrected chi connectivity index (χ3v) is 8.34. The molecule has 0 amide bonds. The third-order valence-electron chi connectivity index (χ3n) is 8.34. The van der Waals surface area contributed by atoms with Crippen LogP contribution in [0.5, 0.6) is 5.75 Å². The fraction of sp³-hybridized carbons (Fsp3) is 0.630. The van der Waals surface area contributed by atoms with Crippen LogP contribution in [-0.2, 0) is 0 Å². The van der Waals surface area contributed by atoms with Gasteiger partial charge in [0.05, 0.1) is 0 Å². The van der Waals surface area contributed by atoms with E-state index < -0.39 is 11.6 Å². The van der Waals surface area contributed by atoms with E-state index >= 15 is 0 Å². The van der Waals surface area contributed by atoms with Crippen LogP contribution in [0.2, 0.25) is 0 Å². The SMILES string of the molecule is C=CCOc1ccc(C2CCC(C3CCC4CC(C=C)CCC4C3)CC2)c(F)c1F. The van der Waals surface area contributed by atoms with Gasteiger partial charge in [-0.25, -0.2) is 4.39 Å². The van der Waals surface area contributed by atoms with Gasteiger partial charge in [0.2, 0.25) is 5.82 Å². The molecule has 0 aliphatic heterocycles. The van der Waals surface area contributed by atoms with Crippen molar-refractivity contribution in [1.82, 2.24) is 0 Å². The summed E-state index contributed by atoms with van der Waals surface area (Å²) in [7, 11) is 0. The van der Waals surface area contributed by atoms with Gasteiger partial charge in [-0.2, -0.15) is 4.39 Å². The highest BCUT2D eigenvalue weighted by atomic mass is 19.2. The van der Waals surface area contributed by atoms with Crippen LogP contribution >= 0.6 is 0 Å². The van der Waals surface area contributed by atoms with Gasteiger partial charge < -0.3 is 4.74 Å². The second-order valence-electron chi connectivity index (χ2n) is 9.89. The molecule has 3 aliphatic rings. The number of hydrogen-bond acceptors (Lipinski definition) is 1. The first kappa shape index (κ1) is 21.6. The molecule has 3 aliphatic carbocycles. The van der Waals surface area contributed by atoms with E-state index in [-0.39, 0.29) is 18.3 Å². The highest BCUT2D eigenvalue weighted by Gasteiger charge is 2.38. The third kappa shape index (κ3) is 4.50. The van der Waals surface area contributed by atoms with Crippen molar-refractivity contribution in [2.45, 2.75) is 70.1 Å². The Morgan fingerprint density at radius 2 is 1.43 bits per heavy atom. The van der Waals surface area contributed by atoms with E-state index in [1.54, 1.807) is 12.1 Å². The smallest absolute Gasteiger partial charge is 0.200 e. The van der Waals surface area contributed by atoms with Crippen molar-refractivity contribution in [3.8, 4) is 5.75 Å². The number of benzene rings is 1. The Morgan fingerprint density at radius 1 is 0.800 bits per heavy atom. The zero-order valence-corrected chi connectivity index (χ0v) is 18.1. The molecule has 3 fully saturated rings. The molecule has 0 heterocycles. The molecular weight excluding hydrogens is 378 g/mol. The minimum atomic E-state index is -0.857. The van der Waals surface area contributed by atoms with Gasteiger partial charge >= 0.3 is 0 Å². The van der Waals surface area contributed by atoms with Gasteiger partial charge in [-0.1, -0.05) is 24.8 Å². The molecule has 4 unspecified atom stereocenters. The maximum Gasteiger partial charge on any atom is 0.200 e. The van der Waals surface area contributed by atoms with Crippen LogP contribution in [-0.4, -0.2) is 6.61 Å². The second kappa shape index (κ2) is 9.66. The standard InChI is InChI=1S/C27H36F2O/c1-3-15-30-25-14-13-24(26(28)27(25)29)20-9-7-19(8-10-20)22-12-11-21-16-18(4-2)5-6-23(21)17-22/h3-4,13-14,18-23H,1-2,5-12,15-17H2. The normalized spacial score (nSPS) is 34.1. The predicted octanol–water partition coefficient (Wildman–Crippen LogP) is 7.82. The largest absolute Gasteiger partial charge is 0.486 e. The highest BCUT2D eigenvalue weighted by Crippen LogP contribution is 2.50. The minimum Gasteiger partial charge on any atom is -0.486 e. The van der Waals surface area contributed by atoms with Crippen molar-refractivity contribution in [2.75, 3.05) is 6.61 Å². The van der Waals surface area contributed by atoms with Crippen LogP contribution < -0.4 is 4.74 Å². The Labute approximate surface area is 180 Å². The van der Waals surface area contributed by atoms with Crippen molar-refractivity contribution in [3.05, 3.63) is 54.6 Å². The first-order valence-electron chi connectivity index (χ1n) is 11.9. The number of allylic oxidation sites excluding steroid dienone is 1. The average molecular weight is 415 g/mol. The predicted molar refractivity (Wildman–Crippen MR) is 119 cm³/mol. The second-order valence-corrected chi connectivity index (χ2v) is 9.89. The van der Waals surface area contributed by atoms with Crippen LogP contribution in [0.1, 0.15) is 75.7 Å². The molecule has 1 nitrogen and oxygen atoms in total. The van der Waals surface area contributed by atoms with Gasteiger partial charge in [0.25, 0.3) is 0 Å². The van der Waals surface area contributed by atoms with Gasteiger partial charge in [0, 0.05) is 0 Å². The summed E-state index contributed by atoms with van der Waals surface area (Å²) in [4.78, 5) is 0. The maximum absolute atomic E-state index is 14.7. The maximum atomic E-state index is 14.7. The molecular formula is C27H36F2O. The van der Waals surface area contributed by atoms with Gasteiger partial charge in [-0.15, -0.1) is 6.58 Å². The fourth-order valence-corrected chi connectivity index (χ4v) is 6.63. The van der Waals surface area contributed by atoms with Crippen molar-refractivity contribution in [2.24, 2.45) is 29.6 Å². The molecule has 1 aromatic rings. The zero-order valence-electron chi connectivity index (χ0n) is 18.1. The lowest BCUT2D eigenvalue weighted by molar-refractivity contribution is 0.0718. The van der Waals surface area contributed by atoms with Crippen molar-refractivity contribution >= 4 is 0 Å². The first-order chi connectivity index (χ1) is 14.6. The minimum absolute atomic E-state index is 0.0206. The quantitative estimate of drug-likeness (QED) is 0.431. The first-order valence-corrected chi connectivity index (χ1v) is 11.9. The summed E-state index contributed by atoms with van der Waals surface area (Å²) in [5.41, 5.74) is 0.531. The van der Waals surface area contributed by atoms with E-state index in [0.717, 1.165) is 55.3 Å². The number of fused-ring (bicyclic) bond motifs is 1. The van der Waals surface area contributed by atoms with E-state index in [2.05, 4.69) is 19.2 Å². The molecule has 30 heavy (non-hydrogen) atoms. The van der Waals surface area contributed by atoms with Crippen LogP contribution in [0.4, 0.5) is 8.78 Å². The molecule has 0 bridgehead atoms. The number of halogens is 2. The molecule has 0 aromatic heterocycles. The highest BCUT2D eigenvalue weighted by molar-refractivity contribution is 5.33. The molecule has 3 saturated carbocycles. The van der Waals surface area contributed by atoms with Gasteiger partial charge in [0.15, 0.2) is 11.6 Å². The number of hydrogen-bond donors (Lipinski definition) is 0. The Bertz CT molecular complexity index is 749. The summed E-state index contributed by atoms with van der Waals surface area (Å²) in [6, 6.07) is 3.30. The summed E-state index contributed by atoms with van der Waals surface area (Å²) in [5.74, 6) is 2.69. The van der Waals surface area contributed by atoms with Gasteiger partial charge in [-0.05, 0) is 111 Å². The van der Waals surface area contributed by atoms with Crippen molar-refractivity contribution in [1.29, 1.82) is 0 Å². The Balaban J connectivity index is 1.33. The molecule has 0 N–H and O–H groups in total. The monoisotopic (exact) mass is 414 g/mol. The molecule has 4 atom stereocenters. The van der Waals surface area contributed by atoms with Crippen LogP contribution in [0.25, 0.3) is 0 Å². The van der Waals surface area contributed by atoms with Gasteiger partial charge in [-0.3, -0.25) is 0 Å². The van der Waals surface area contributed by atoms with Gasteiger partial charge in [0.1, 0.15) is 6.61 Å². The summed E-state index contributed by atoms with van der Waals surface area (Å²) in [6.07, 6.45) is 16.1. The number of rotatable bonds is 6. The fourth-order valence-electron chi connectivity index (χ4n) is 6.63. The molecule has 3 heteroatoms. The zero-order chi connectivity index (χ0) is 21.1. The molecule has 0 radical (unpaired) electrons. The van der Waals surface area contributed by atoms with Crippen molar-refractivity contribution < 1.29 is 13.5 Å². The molecule has 4 rings (SSSR count). The Morgan fingerprint density at radius 3 is 2.13 bits per heavy atom.